The Morgan fingerprint density at radius 1 is 1.38 bits per heavy atom. The topological polar surface area (TPSA) is 83.8 Å². The zero-order chi connectivity index (χ0) is 14.8. The third kappa shape index (κ3) is 1.76. The summed E-state index contributed by atoms with van der Waals surface area (Å²) in [5, 5.41) is 34.6. The molecule has 0 aromatic carbocycles. The Morgan fingerprint density at radius 2 is 2.14 bits per heavy atom. The van der Waals surface area contributed by atoms with Gasteiger partial charge in [0.2, 0.25) is 5.91 Å². The van der Waals surface area contributed by atoms with Crippen molar-refractivity contribution in [1.82, 2.24) is 4.90 Å². The summed E-state index contributed by atoms with van der Waals surface area (Å²) in [5.41, 5.74) is -1.10. The lowest BCUT2D eigenvalue weighted by Crippen LogP contribution is -2.79. The highest BCUT2D eigenvalue weighted by molar-refractivity contribution is 5.89. The Labute approximate surface area is 123 Å². The average molecular weight is 294 g/mol. The van der Waals surface area contributed by atoms with Crippen molar-refractivity contribution in [2.45, 2.75) is 49.5 Å². The monoisotopic (exact) mass is 294 g/mol. The largest absolute Gasteiger partial charge is 0.633 e. The predicted octanol–water partition coefficient (Wildman–Crippen LogP) is -0.254. The van der Waals surface area contributed by atoms with Gasteiger partial charge in [0, 0.05) is 12.0 Å². The van der Waals surface area contributed by atoms with E-state index in [4.69, 9.17) is 0 Å². The first-order valence-electron chi connectivity index (χ1n) is 7.92. The third-order valence-corrected chi connectivity index (χ3v) is 6.00. The van der Waals surface area contributed by atoms with E-state index in [1.54, 1.807) is 4.90 Å². The van der Waals surface area contributed by atoms with Gasteiger partial charge in [-0.05, 0) is 31.8 Å². The van der Waals surface area contributed by atoms with Crippen molar-refractivity contribution in [1.29, 1.82) is 0 Å². The van der Waals surface area contributed by atoms with Crippen molar-refractivity contribution in [2.75, 3.05) is 19.6 Å². The van der Waals surface area contributed by atoms with Gasteiger partial charge in [0.05, 0.1) is 31.8 Å². The number of hydroxylamine groups is 3. The number of hydrogen-bond acceptors (Lipinski definition) is 4. The number of carbonyl (C=O) groups excluding carboxylic acids is 1. The molecule has 2 N–H and O–H groups in total. The molecule has 116 valence electrons. The lowest BCUT2D eigenvalue weighted by atomic mass is 9.65. The molecular formula is C15H22N2O4. The van der Waals surface area contributed by atoms with Crippen LogP contribution in [0.3, 0.4) is 0 Å². The van der Waals surface area contributed by atoms with Gasteiger partial charge in [-0.2, -0.15) is 0 Å². The van der Waals surface area contributed by atoms with Crippen LogP contribution >= 0.6 is 0 Å². The fourth-order valence-corrected chi connectivity index (χ4v) is 5.34. The summed E-state index contributed by atoms with van der Waals surface area (Å²) < 4.78 is -0.337. The zero-order valence-electron chi connectivity index (χ0n) is 12.0. The van der Waals surface area contributed by atoms with E-state index in [0.717, 1.165) is 12.8 Å². The van der Waals surface area contributed by atoms with E-state index in [9.17, 15) is 20.2 Å². The Hall–Kier alpha value is -0.950. The minimum absolute atomic E-state index is 0.112. The van der Waals surface area contributed by atoms with Crippen LogP contribution in [0, 0.1) is 11.1 Å². The van der Waals surface area contributed by atoms with Crippen molar-refractivity contribution in [3.05, 3.63) is 17.4 Å². The lowest BCUT2D eigenvalue weighted by Gasteiger charge is -2.66. The van der Waals surface area contributed by atoms with Gasteiger partial charge in [-0.3, -0.25) is 4.79 Å². The summed E-state index contributed by atoms with van der Waals surface area (Å²) in [6.07, 6.45) is 5.07. The van der Waals surface area contributed by atoms with E-state index >= 15 is 0 Å². The fraction of sp³-hybridized carbons (Fsp3) is 0.800. The molecule has 0 spiro atoms. The second kappa shape index (κ2) is 4.29. The predicted molar refractivity (Wildman–Crippen MR) is 74.7 cm³/mol. The standard InChI is InChI=1S/C15H22N2O4/c18-11-4-5-12(19)16-9-15(20)6-2-8-17(21)7-1-3-10(13(11)16)14(15)17/h4-5,10-11,13-14,18,20H,1-3,6-9H2/t10-,11-,13+,14-,15-,17?/m1/s1. The average Bonchev–Trinajstić information content (AvgIpc) is 2.42. The smallest absolute Gasteiger partial charge is 0.246 e. The second-order valence-electron chi connectivity index (χ2n) is 7.16. The normalized spacial score (nSPS) is 52.3. The highest BCUT2D eigenvalue weighted by Crippen LogP contribution is 2.49. The molecule has 1 unspecified atom stereocenters. The molecule has 4 aliphatic rings. The third-order valence-electron chi connectivity index (χ3n) is 6.00. The lowest BCUT2D eigenvalue weighted by molar-refractivity contribution is -0.930. The summed E-state index contributed by atoms with van der Waals surface area (Å²) in [6, 6.07) is -0.743. The van der Waals surface area contributed by atoms with Crippen molar-refractivity contribution in [3.63, 3.8) is 0 Å². The minimum atomic E-state index is -1.10. The molecule has 0 bridgehead atoms. The van der Waals surface area contributed by atoms with Gasteiger partial charge in [0.25, 0.3) is 0 Å². The van der Waals surface area contributed by atoms with E-state index in [0.29, 0.717) is 25.9 Å². The van der Waals surface area contributed by atoms with Crippen LogP contribution in [0.5, 0.6) is 0 Å². The van der Waals surface area contributed by atoms with Gasteiger partial charge < -0.3 is 25.0 Å². The summed E-state index contributed by atoms with van der Waals surface area (Å²) in [6.45, 7) is 1.29. The number of aliphatic hydroxyl groups is 2. The highest BCUT2D eigenvalue weighted by Gasteiger charge is 2.63. The molecular weight excluding hydrogens is 272 g/mol. The van der Waals surface area contributed by atoms with Crippen LogP contribution in [0.4, 0.5) is 0 Å². The molecule has 0 aromatic heterocycles. The SMILES string of the molecule is O=C1C=C[C@@H](O)[C@@H]2[C@H]3CCC[N+]4([O-])CCC[C@@](O)(CN12)[C@@H]34. The molecule has 6 nitrogen and oxygen atoms in total. The van der Waals surface area contributed by atoms with Crippen molar-refractivity contribution in [3.8, 4) is 0 Å². The number of piperidine rings is 3. The molecule has 4 heterocycles. The maximum absolute atomic E-state index is 13.2. The number of nitrogens with zero attached hydrogens (tertiary/aromatic N) is 2. The van der Waals surface area contributed by atoms with E-state index in [2.05, 4.69) is 0 Å². The molecule has 6 heteroatoms. The summed E-state index contributed by atoms with van der Waals surface area (Å²) in [7, 11) is 0. The van der Waals surface area contributed by atoms with Gasteiger partial charge in [0.15, 0.2) is 0 Å². The Morgan fingerprint density at radius 3 is 2.95 bits per heavy atom. The van der Waals surface area contributed by atoms with Crippen LogP contribution in [0.25, 0.3) is 0 Å². The number of fused-ring (bicyclic) bond motifs is 2. The van der Waals surface area contributed by atoms with Gasteiger partial charge in [-0.15, -0.1) is 0 Å². The van der Waals surface area contributed by atoms with E-state index in [1.807, 2.05) is 0 Å². The maximum atomic E-state index is 13.2. The first-order chi connectivity index (χ1) is 9.95. The number of amides is 1. The second-order valence-corrected chi connectivity index (χ2v) is 7.16. The molecule has 4 rings (SSSR count). The van der Waals surface area contributed by atoms with Crippen LogP contribution in [0.1, 0.15) is 25.7 Å². The number of carbonyl (C=O) groups is 1. The molecule has 3 fully saturated rings. The Balaban J connectivity index is 1.80. The van der Waals surface area contributed by atoms with Crippen molar-refractivity contribution >= 4 is 5.91 Å². The van der Waals surface area contributed by atoms with Crippen LogP contribution in [-0.2, 0) is 4.79 Å². The molecule has 0 aliphatic carbocycles. The van der Waals surface area contributed by atoms with Gasteiger partial charge in [-0.25, -0.2) is 0 Å². The van der Waals surface area contributed by atoms with Crippen LogP contribution in [-0.4, -0.2) is 69.1 Å². The van der Waals surface area contributed by atoms with Crippen LogP contribution < -0.4 is 0 Å². The molecule has 21 heavy (non-hydrogen) atoms. The maximum Gasteiger partial charge on any atom is 0.246 e. The highest BCUT2D eigenvalue weighted by atomic mass is 16.6. The van der Waals surface area contributed by atoms with Crippen molar-refractivity contribution in [2.24, 2.45) is 5.92 Å². The summed E-state index contributed by atoms with van der Waals surface area (Å²) in [5.74, 6) is -0.267. The van der Waals surface area contributed by atoms with Crippen molar-refractivity contribution < 1.29 is 19.7 Å². The quantitative estimate of drug-likeness (QED) is 0.476. The van der Waals surface area contributed by atoms with Gasteiger partial charge in [-0.1, -0.05) is 0 Å². The van der Waals surface area contributed by atoms with Crippen LogP contribution in [0.15, 0.2) is 12.2 Å². The molecule has 3 saturated heterocycles. The summed E-state index contributed by atoms with van der Waals surface area (Å²) in [4.78, 5) is 13.8. The van der Waals surface area contributed by atoms with Crippen LogP contribution in [0.2, 0.25) is 0 Å². The number of quaternary nitrogens is 1. The molecule has 0 saturated carbocycles. The first kappa shape index (κ1) is 13.7. The zero-order valence-corrected chi connectivity index (χ0v) is 12.0. The number of rotatable bonds is 0. The fourth-order valence-electron chi connectivity index (χ4n) is 5.34. The Kier molecular flexibility index (Phi) is 2.80. The summed E-state index contributed by atoms with van der Waals surface area (Å²) >= 11 is 0. The number of hydrogen-bond donors (Lipinski definition) is 2. The molecule has 0 radical (unpaired) electrons. The van der Waals surface area contributed by atoms with Gasteiger partial charge in [0.1, 0.15) is 11.6 Å². The van der Waals surface area contributed by atoms with E-state index < -0.39 is 17.7 Å². The van der Waals surface area contributed by atoms with E-state index in [-0.39, 0.29) is 29.1 Å². The molecule has 1 amide bonds. The van der Waals surface area contributed by atoms with Gasteiger partial charge >= 0.3 is 0 Å². The molecule has 4 aliphatic heterocycles. The first-order valence-corrected chi connectivity index (χ1v) is 7.92. The molecule has 0 aromatic rings. The molecule has 6 atom stereocenters. The Bertz CT molecular complexity index is 506. The van der Waals surface area contributed by atoms with E-state index in [1.165, 1.54) is 12.2 Å². The number of aliphatic hydroxyl groups excluding tert-OH is 1. The minimum Gasteiger partial charge on any atom is -0.633 e.